The molecule has 0 bridgehead atoms. The Balaban J connectivity index is 0.00000225. The maximum atomic E-state index is 4.83. The molecular formula is C20H35IN6S. The minimum absolute atomic E-state index is 0. The van der Waals surface area contributed by atoms with Crippen LogP contribution in [0.3, 0.4) is 0 Å². The summed E-state index contributed by atoms with van der Waals surface area (Å²) in [4.78, 5) is 16.9. The van der Waals surface area contributed by atoms with Crippen LogP contribution in [-0.4, -0.2) is 80.1 Å². The molecule has 158 valence electrons. The van der Waals surface area contributed by atoms with Crippen LogP contribution < -0.4 is 10.2 Å². The maximum Gasteiger partial charge on any atom is 0.193 e. The third kappa shape index (κ3) is 5.72. The number of halogens is 1. The van der Waals surface area contributed by atoms with Gasteiger partial charge in [0.05, 0.1) is 5.69 Å². The van der Waals surface area contributed by atoms with Gasteiger partial charge in [-0.3, -0.25) is 4.99 Å². The van der Waals surface area contributed by atoms with E-state index < -0.39 is 0 Å². The van der Waals surface area contributed by atoms with E-state index in [2.05, 4.69) is 30.4 Å². The predicted octanol–water partition coefficient (Wildman–Crippen LogP) is 2.90. The number of nitrogens with one attached hydrogen (secondary N) is 1. The zero-order valence-electron chi connectivity index (χ0n) is 17.1. The highest BCUT2D eigenvalue weighted by Gasteiger charge is 2.27. The molecule has 0 amide bonds. The molecule has 0 aliphatic carbocycles. The van der Waals surface area contributed by atoms with Crippen LogP contribution in [0.2, 0.25) is 0 Å². The number of hydrogen-bond donors (Lipinski definition) is 1. The Morgan fingerprint density at radius 1 is 1.18 bits per heavy atom. The molecule has 3 saturated heterocycles. The Bertz CT molecular complexity index is 624. The SMILES string of the molecule is CN=C(NCCc1csc(N2CCCC2)n1)N1CCC(CN2CCCC2)C1.I. The van der Waals surface area contributed by atoms with Gasteiger partial charge in [-0.2, -0.15) is 0 Å². The van der Waals surface area contributed by atoms with Crippen LogP contribution in [0.25, 0.3) is 0 Å². The van der Waals surface area contributed by atoms with Crippen molar-refractivity contribution in [2.75, 3.05) is 64.3 Å². The van der Waals surface area contributed by atoms with Crippen molar-refractivity contribution in [1.29, 1.82) is 0 Å². The van der Waals surface area contributed by atoms with Gasteiger partial charge in [0.15, 0.2) is 11.1 Å². The van der Waals surface area contributed by atoms with Crippen LogP contribution in [0, 0.1) is 5.92 Å². The first-order chi connectivity index (χ1) is 13.3. The molecule has 0 aromatic carbocycles. The van der Waals surface area contributed by atoms with Gasteiger partial charge in [-0.25, -0.2) is 4.98 Å². The van der Waals surface area contributed by atoms with Gasteiger partial charge >= 0.3 is 0 Å². The molecule has 4 heterocycles. The smallest absolute Gasteiger partial charge is 0.193 e. The van der Waals surface area contributed by atoms with E-state index in [1.54, 1.807) is 11.3 Å². The van der Waals surface area contributed by atoms with Crippen LogP contribution in [-0.2, 0) is 6.42 Å². The molecule has 6 nitrogen and oxygen atoms in total. The monoisotopic (exact) mass is 518 g/mol. The van der Waals surface area contributed by atoms with Gasteiger partial charge in [0.2, 0.25) is 0 Å². The van der Waals surface area contributed by atoms with E-state index in [1.165, 1.54) is 75.7 Å². The summed E-state index contributed by atoms with van der Waals surface area (Å²) < 4.78 is 0. The number of rotatable bonds is 6. The maximum absolute atomic E-state index is 4.83. The Morgan fingerprint density at radius 3 is 2.68 bits per heavy atom. The summed E-state index contributed by atoms with van der Waals surface area (Å²) in [5, 5.41) is 6.99. The molecule has 1 N–H and O–H groups in total. The highest BCUT2D eigenvalue weighted by Crippen LogP contribution is 2.24. The van der Waals surface area contributed by atoms with Crippen molar-refractivity contribution in [2.24, 2.45) is 10.9 Å². The average molecular weight is 519 g/mol. The molecule has 8 heteroatoms. The number of thiazole rings is 1. The van der Waals surface area contributed by atoms with E-state index in [4.69, 9.17) is 4.98 Å². The minimum atomic E-state index is 0. The van der Waals surface area contributed by atoms with Crippen LogP contribution >= 0.6 is 35.3 Å². The molecule has 3 aliphatic rings. The molecule has 4 rings (SSSR count). The van der Waals surface area contributed by atoms with Crippen LogP contribution in [0.5, 0.6) is 0 Å². The second kappa shape index (κ2) is 11.0. The summed E-state index contributed by atoms with van der Waals surface area (Å²) in [7, 11) is 1.91. The average Bonchev–Trinajstić information content (AvgIpc) is 3.47. The second-order valence-electron chi connectivity index (χ2n) is 8.15. The molecule has 3 aliphatic heterocycles. The van der Waals surface area contributed by atoms with Crippen molar-refractivity contribution in [2.45, 2.75) is 38.5 Å². The lowest BCUT2D eigenvalue weighted by Gasteiger charge is -2.23. The topological polar surface area (TPSA) is 47.0 Å². The Labute approximate surface area is 190 Å². The normalized spacial score (nSPS) is 23.5. The molecule has 0 radical (unpaired) electrons. The van der Waals surface area contributed by atoms with Gasteiger partial charge in [0.25, 0.3) is 0 Å². The highest BCUT2D eigenvalue weighted by molar-refractivity contribution is 14.0. The summed E-state index contributed by atoms with van der Waals surface area (Å²) in [6, 6.07) is 0. The van der Waals surface area contributed by atoms with Crippen molar-refractivity contribution in [3.05, 3.63) is 11.1 Å². The lowest BCUT2D eigenvalue weighted by atomic mass is 10.1. The van der Waals surface area contributed by atoms with Gasteiger partial charge in [-0.15, -0.1) is 35.3 Å². The van der Waals surface area contributed by atoms with Gasteiger partial charge in [0.1, 0.15) is 0 Å². The first-order valence-corrected chi connectivity index (χ1v) is 11.6. The van der Waals surface area contributed by atoms with Crippen LogP contribution in [0.1, 0.15) is 37.8 Å². The van der Waals surface area contributed by atoms with Crippen molar-refractivity contribution >= 4 is 46.4 Å². The van der Waals surface area contributed by atoms with Gasteiger partial charge in [0, 0.05) is 58.1 Å². The van der Waals surface area contributed by atoms with Crippen molar-refractivity contribution in [1.82, 2.24) is 20.1 Å². The molecule has 28 heavy (non-hydrogen) atoms. The summed E-state index contributed by atoms with van der Waals surface area (Å²) >= 11 is 1.79. The molecule has 1 aromatic rings. The fourth-order valence-electron chi connectivity index (χ4n) is 4.60. The van der Waals surface area contributed by atoms with Gasteiger partial charge in [-0.05, 0) is 51.1 Å². The largest absolute Gasteiger partial charge is 0.356 e. The van der Waals surface area contributed by atoms with E-state index >= 15 is 0 Å². The lowest BCUT2D eigenvalue weighted by Crippen LogP contribution is -2.41. The zero-order valence-corrected chi connectivity index (χ0v) is 20.3. The van der Waals surface area contributed by atoms with Gasteiger partial charge < -0.3 is 20.0 Å². The van der Waals surface area contributed by atoms with Crippen LogP contribution in [0.4, 0.5) is 5.13 Å². The first-order valence-electron chi connectivity index (χ1n) is 10.7. The zero-order chi connectivity index (χ0) is 18.5. The van der Waals surface area contributed by atoms with Crippen LogP contribution in [0.15, 0.2) is 10.4 Å². The number of likely N-dealkylation sites (tertiary alicyclic amines) is 2. The lowest BCUT2D eigenvalue weighted by molar-refractivity contribution is 0.281. The molecule has 1 aromatic heterocycles. The number of guanidine groups is 1. The quantitative estimate of drug-likeness (QED) is 0.357. The van der Waals surface area contributed by atoms with E-state index in [0.717, 1.165) is 37.9 Å². The fraction of sp³-hybridized carbons (Fsp3) is 0.800. The number of nitrogens with zero attached hydrogens (tertiary/aromatic N) is 5. The Hall–Kier alpha value is -0.610. The predicted molar refractivity (Wildman–Crippen MR) is 129 cm³/mol. The molecular weight excluding hydrogens is 483 g/mol. The fourth-order valence-corrected chi connectivity index (χ4v) is 5.52. The molecule has 3 fully saturated rings. The first kappa shape index (κ1) is 22.1. The Morgan fingerprint density at radius 2 is 1.93 bits per heavy atom. The van der Waals surface area contributed by atoms with E-state index in [1.807, 2.05) is 7.05 Å². The van der Waals surface area contributed by atoms with Gasteiger partial charge in [-0.1, -0.05) is 0 Å². The summed E-state index contributed by atoms with van der Waals surface area (Å²) in [6.07, 6.45) is 7.64. The number of hydrogen-bond acceptors (Lipinski definition) is 5. The van der Waals surface area contributed by atoms with E-state index in [0.29, 0.717) is 0 Å². The number of aromatic nitrogens is 1. The second-order valence-corrected chi connectivity index (χ2v) is 8.98. The third-order valence-corrected chi connectivity index (χ3v) is 7.04. The summed E-state index contributed by atoms with van der Waals surface area (Å²) in [5.41, 5.74) is 1.21. The highest BCUT2D eigenvalue weighted by atomic mass is 127. The van der Waals surface area contributed by atoms with E-state index in [-0.39, 0.29) is 24.0 Å². The minimum Gasteiger partial charge on any atom is -0.356 e. The standard InChI is InChI=1S/C20H34N6S.HI/c1-21-19(26-13-7-17(15-26)14-24-9-2-3-10-24)22-8-6-18-16-27-20(23-18)25-11-4-5-12-25;/h16-17H,2-15H2,1H3,(H,21,22);1H. The third-order valence-electron chi connectivity index (χ3n) is 6.09. The molecule has 0 saturated carbocycles. The Kier molecular flexibility index (Phi) is 8.65. The summed E-state index contributed by atoms with van der Waals surface area (Å²) in [5.74, 6) is 1.86. The number of aliphatic imine (C=N–C) groups is 1. The number of anilines is 1. The van der Waals surface area contributed by atoms with Crippen molar-refractivity contribution in [3.8, 4) is 0 Å². The molecule has 1 atom stereocenters. The van der Waals surface area contributed by atoms with E-state index in [9.17, 15) is 0 Å². The van der Waals surface area contributed by atoms with Crippen molar-refractivity contribution < 1.29 is 0 Å². The summed E-state index contributed by atoms with van der Waals surface area (Å²) in [6.45, 7) is 9.40. The molecule has 1 unspecified atom stereocenters. The molecule has 0 spiro atoms. The van der Waals surface area contributed by atoms with Crippen molar-refractivity contribution in [3.63, 3.8) is 0 Å².